The lowest BCUT2D eigenvalue weighted by molar-refractivity contribution is 0.402. The van der Waals surface area contributed by atoms with Crippen LogP contribution in [0.25, 0.3) is 0 Å². The van der Waals surface area contributed by atoms with E-state index in [1.165, 1.54) is 0 Å². The van der Waals surface area contributed by atoms with Crippen molar-refractivity contribution < 1.29 is 0 Å². The Balaban J connectivity index is 3.43. The fourth-order valence-corrected chi connectivity index (χ4v) is 1.03. The lowest BCUT2D eigenvalue weighted by Crippen LogP contribution is -2.37. The highest BCUT2D eigenvalue weighted by molar-refractivity contribution is 4.77. The zero-order chi connectivity index (χ0) is 7.33. The summed E-state index contributed by atoms with van der Waals surface area (Å²) >= 11 is 0. The Bertz CT molecular complexity index is 61.3. The Labute approximate surface area is 57.6 Å². The van der Waals surface area contributed by atoms with Gasteiger partial charge < -0.3 is 11.5 Å². The molecule has 0 saturated carbocycles. The molecular formula is C7H18N2. The van der Waals surface area contributed by atoms with Gasteiger partial charge in [-0.15, -0.1) is 0 Å². The third-order valence-corrected chi connectivity index (χ3v) is 1.54. The van der Waals surface area contributed by atoms with Crippen molar-refractivity contribution in [2.75, 3.05) is 6.54 Å². The molecule has 9 heavy (non-hydrogen) atoms. The molecule has 0 rings (SSSR count). The predicted molar refractivity (Wildman–Crippen MR) is 41.2 cm³/mol. The second kappa shape index (κ2) is 3.85. The van der Waals surface area contributed by atoms with Crippen LogP contribution in [0, 0.1) is 0 Å². The van der Waals surface area contributed by atoms with Crippen LogP contribution in [0.4, 0.5) is 0 Å². The molecule has 0 aliphatic carbocycles. The maximum absolute atomic E-state index is 5.86. The molecule has 0 radical (unpaired) electrons. The Morgan fingerprint density at radius 1 is 1.33 bits per heavy atom. The Morgan fingerprint density at radius 2 is 1.89 bits per heavy atom. The minimum absolute atomic E-state index is 0.0243. The first-order chi connectivity index (χ1) is 4.12. The first-order valence-electron chi connectivity index (χ1n) is 3.61. The summed E-state index contributed by atoms with van der Waals surface area (Å²) in [6.45, 7) is 4.90. The topological polar surface area (TPSA) is 52.0 Å². The van der Waals surface area contributed by atoms with Crippen LogP contribution in [0.5, 0.6) is 0 Å². The molecule has 0 aromatic heterocycles. The number of rotatable bonds is 4. The van der Waals surface area contributed by atoms with Crippen molar-refractivity contribution in [3.8, 4) is 0 Å². The zero-order valence-electron chi connectivity index (χ0n) is 6.48. The summed E-state index contributed by atoms with van der Waals surface area (Å²) in [5.74, 6) is 0. The molecule has 4 N–H and O–H groups in total. The van der Waals surface area contributed by atoms with E-state index in [4.69, 9.17) is 11.5 Å². The van der Waals surface area contributed by atoms with Gasteiger partial charge in [-0.25, -0.2) is 0 Å². The third-order valence-electron chi connectivity index (χ3n) is 1.54. The van der Waals surface area contributed by atoms with E-state index in [1.54, 1.807) is 0 Å². The van der Waals surface area contributed by atoms with Crippen molar-refractivity contribution in [2.45, 2.75) is 38.6 Å². The number of nitrogens with two attached hydrogens (primary N) is 2. The third kappa shape index (κ3) is 4.43. The molecule has 2 nitrogen and oxygen atoms in total. The summed E-state index contributed by atoms with van der Waals surface area (Å²) in [6.07, 6.45) is 3.15. The largest absolute Gasteiger partial charge is 0.330 e. The standard InChI is InChI=1S/C7H18N2/c1-3-4-7(2,9)5-6-8/h3-6,8-9H2,1-2H3. The molecule has 0 aliphatic heterocycles. The molecule has 0 aliphatic rings. The summed E-state index contributed by atoms with van der Waals surface area (Å²) < 4.78 is 0. The van der Waals surface area contributed by atoms with Crippen molar-refractivity contribution in [2.24, 2.45) is 11.5 Å². The van der Waals surface area contributed by atoms with Gasteiger partial charge in [-0.3, -0.25) is 0 Å². The van der Waals surface area contributed by atoms with Gasteiger partial charge in [-0.2, -0.15) is 0 Å². The lowest BCUT2D eigenvalue weighted by atomic mass is 9.94. The highest BCUT2D eigenvalue weighted by Crippen LogP contribution is 2.11. The number of hydrogen-bond acceptors (Lipinski definition) is 2. The van der Waals surface area contributed by atoms with Gasteiger partial charge >= 0.3 is 0 Å². The van der Waals surface area contributed by atoms with Gasteiger partial charge in [-0.05, 0) is 26.3 Å². The van der Waals surface area contributed by atoms with Crippen LogP contribution in [0.3, 0.4) is 0 Å². The fourth-order valence-electron chi connectivity index (χ4n) is 1.03. The Hall–Kier alpha value is -0.0800. The van der Waals surface area contributed by atoms with Gasteiger partial charge in [-0.1, -0.05) is 13.3 Å². The number of hydrogen-bond donors (Lipinski definition) is 2. The van der Waals surface area contributed by atoms with E-state index in [-0.39, 0.29) is 5.54 Å². The fraction of sp³-hybridized carbons (Fsp3) is 1.00. The van der Waals surface area contributed by atoms with E-state index in [0.717, 1.165) is 19.3 Å². The zero-order valence-corrected chi connectivity index (χ0v) is 6.48. The first-order valence-corrected chi connectivity index (χ1v) is 3.61. The van der Waals surface area contributed by atoms with E-state index < -0.39 is 0 Å². The minimum Gasteiger partial charge on any atom is -0.330 e. The second-order valence-electron chi connectivity index (χ2n) is 2.94. The monoisotopic (exact) mass is 130 g/mol. The molecule has 1 unspecified atom stereocenters. The predicted octanol–water partition coefficient (Wildman–Crippen LogP) is 0.853. The Morgan fingerprint density at radius 3 is 2.22 bits per heavy atom. The van der Waals surface area contributed by atoms with Gasteiger partial charge in [0.15, 0.2) is 0 Å². The molecule has 0 saturated heterocycles. The van der Waals surface area contributed by atoms with Crippen molar-refractivity contribution >= 4 is 0 Å². The second-order valence-corrected chi connectivity index (χ2v) is 2.94. The van der Waals surface area contributed by atoms with Crippen molar-refractivity contribution in [3.05, 3.63) is 0 Å². The van der Waals surface area contributed by atoms with Gasteiger partial charge in [0.1, 0.15) is 0 Å². The molecule has 0 aromatic carbocycles. The first kappa shape index (κ1) is 8.92. The van der Waals surface area contributed by atoms with E-state index in [0.29, 0.717) is 6.54 Å². The quantitative estimate of drug-likeness (QED) is 0.593. The lowest BCUT2D eigenvalue weighted by Gasteiger charge is -2.22. The van der Waals surface area contributed by atoms with E-state index in [9.17, 15) is 0 Å². The molecule has 56 valence electrons. The maximum atomic E-state index is 5.86. The van der Waals surface area contributed by atoms with E-state index >= 15 is 0 Å². The Kier molecular flexibility index (Phi) is 3.82. The van der Waals surface area contributed by atoms with Crippen molar-refractivity contribution in [1.82, 2.24) is 0 Å². The molecule has 0 fully saturated rings. The molecule has 2 heteroatoms. The van der Waals surface area contributed by atoms with Gasteiger partial charge in [0.2, 0.25) is 0 Å². The highest BCUT2D eigenvalue weighted by atomic mass is 14.7. The van der Waals surface area contributed by atoms with Gasteiger partial charge in [0.05, 0.1) is 0 Å². The molecule has 1 atom stereocenters. The van der Waals surface area contributed by atoms with E-state index in [2.05, 4.69) is 13.8 Å². The van der Waals surface area contributed by atoms with Crippen LogP contribution >= 0.6 is 0 Å². The molecule has 0 amide bonds. The highest BCUT2D eigenvalue weighted by Gasteiger charge is 2.14. The molecule has 0 bridgehead atoms. The van der Waals surface area contributed by atoms with Crippen molar-refractivity contribution in [1.29, 1.82) is 0 Å². The van der Waals surface area contributed by atoms with Crippen LogP contribution < -0.4 is 11.5 Å². The molecular weight excluding hydrogens is 112 g/mol. The molecule has 0 spiro atoms. The van der Waals surface area contributed by atoms with Crippen LogP contribution in [0.1, 0.15) is 33.1 Å². The smallest absolute Gasteiger partial charge is 0.0137 e. The van der Waals surface area contributed by atoms with Crippen LogP contribution in [-0.4, -0.2) is 12.1 Å². The molecule has 0 aromatic rings. The van der Waals surface area contributed by atoms with Gasteiger partial charge in [0.25, 0.3) is 0 Å². The normalized spacial score (nSPS) is 17.3. The average molecular weight is 130 g/mol. The van der Waals surface area contributed by atoms with Crippen molar-refractivity contribution in [3.63, 3.8) is 0 Å². The van der Waals surface area contributed by atoms with Crippen LogP contribution in [0.15, 0.2) is 0 Å². The van der Waals surface area contributed by atoms with Gasteiger partial charge in [0, 0.05) is 5.54 Å². The van der Waals surface area contributed by atoms with E-state index in [1.807, 2.05) is 0 Å². The molecule has 0 heterocycles. The summed E-state index contributed by atoms with van der Waals surface area (Å²) in [5, 5.41) is 0. The summed E-state index contributed by atoms with van der Waals surface area (Å²) in [7, 11) is 0. The average Bonchev–Trinajstić information content (AvgIpc) is 1.64. The minimum atomic E-state index is -0.0243. The maximum Gasteiger partial charge on any atom is 0.0137 e. The van der Waals surface area contributed by atoms with Crippen LogP contribution in [-0.2, 0) is 0 Å². The summed E-state index contributed by atoms with van der Waals surface area (Å²) in [6, 6.07) is 0. The summed E-state index contributed by atoms with van der Waals surface area (Å²) in [4.78, 5) is 0. The summed E-state index contributed by atoms with van der Waals surface area (Å²) in [5.41, 5.74) is 11.2. The van der Waals surface area contributed by atoms with Crippen LogP contribution in [0.2, 0.25) is 0 Å². The SMILES string of the molecule is CCCC(C)(N)CCN.